The molecule has 1 N–H and O–H groups in total. The minimum absolute atomic E-state index is 0.00999. The van der Waals surface area contributed by atoms with Crippen LogP contribution in [0.2, 0.25) is 0 Å². The Kier molecular flexibility index (Phi) is 5.46. The van der Waals surface area contributed by atoms with Crippen molar-refractivity contribution in [2.24, 2.45) is 5.41 Å². The second-order valence-corrected chi connectivity index (χ2v) is 9.59. The van der Waals surface area contributed by atoms with Crippen molar-refractivity contribution in [2.75, 3.05) is 0 Å². The molecule has 0 aliphatic heterocycles. The number of carbonyl (C=O) groups is 1. The molecule has 3 aromatic heterocycles. The molecule has 5 nitrogen and oxygen atoms in total. The van der Waals surface area contributed by atoms with E-state index in [1.807, 2.05) is 24.4 Å². The largest absolute Gasteiger partial charge is 0.344 e. The summed E-state index contributed by atoms with van der Waals surface area (Å²) in [5.74, 6) is 0.695. The monoisotopic (exact) mass is 406 g/mol. The number of carbonyl (C=O) groups excluding carboxylic acids is 1. The lowest BCUT2D eigenvalue weighted by Crippen LogP contribution is -2.37. The molecule has 0 saturated carbocycles. The maximum Gasteiger partial charge on any atom is 0.261 e. The Balaban J connectivity index is 1.60. The van der Waals surface area contributed by atoms with Crippen LogP contribution in [0.25, 0.3) is 11.4 Å². The first kappa shape index (κ1) is 19.7. The molecule has 29 heavy (non-hydrogen) atoms. The number of amides is 1. The number of hydrogen-bond donors (Lipinski definition) is 1. The van der Waals surface area contributed by atoms with Crippen LogP contribution >= 0.6 is 11.3 Å². The minimum Gasteiger partial charge on any atom is -0.344 e. The Morgan fingerprint density at radius 3 is 2.79 bits per heavy atom. The SMILES string of the molecule is CCCc1ccc(C(=O)N[C@@H]2CC(C)(C)Cc3nc(-c4ccncc4)ncc32)s1. The number of fused-ring (bicyclic) bond motifs is 1. The van der Waals surface area contributed by atoms with Gasteiger partial charge in [0.1, 0.15) is 0 Å². The molecule has 1 aliphatic carbocycles. The number of pyridine rings is 1. The molecule has 1 aliphatic rings. The number of nitrogens with one attached hydrogen (secondary N) is 1. The van der Waals surface area contributed by atoms with Crippen molar-refractivity contribution in [3.63, 3.8) is 0 Å². The Bertz CT molecular complexity index is 1010. The van der Waals surface area contributed by atoms with Crippen LogP contribution in [0.3, 0.4) is 0 Å². The third-order valence-corrected chi connectivity index (χ3v) is 6.45. The highest BCUT2D eigenvalue weighted by atomic mass is 32.1. The van der Waals surface area contributed by atoms with Crippen LogP contribution in [0, 0.1) is 5.41 Å². The number of aromatic nitrogens is 3. The molecule has 3 heterocycles. The van der Waals surface area contributed by atoms with Crippen molar-refractivity contribution in [1.82, 2.24) is 20.3 Å². The fraction of sp³-hybridized carbons (Fsp3) is 0.391. The Morgan fingerprint density at radius 1 is 1.24 bits per heavy atom. The van der Waals surface area contributed by atoms with Crippen molar-refractivity contribution in [1.29, 1.82) is 0 Å². The van der Waals surface area contributed by atoms with Crippen LogP contribution < -0.4 is 5.32 Å². The average Bonchev–Trinajstić information content (AvgIpc) is 3.16. The van der Waals surface area contributed by atoms with Gasteiger partial charge >= 0.3 is 0 Å². The number of thiophene rings is 1. The van der Waals surface area contributed by atoms with Gasteiger partial charge in [-0.1, -0.05) is 27.2 Å². The maximum atomic E-state index is 12.9. The molecule has 0 unspecified atom stereocenters. The second-order valence-electron chi connectivity index (χ2n) is 8.42. The molecule has 0 bridgehead atoms. The van der Waals surface area contributed by atoms with Crippen LogP contribution in [-0.4, -0.2) is 20.9 Å². The van der Waals surface area contributed by atoms with E-state index in [-0.39, 0.29) is 17.4 Å². The fourth-order valence-electron chi connectivity index (χ4n) is 3.93. The summed E-state index contributed by atoms with van der Waals surface area (Å²) >= 11 is 1.59. The van der Waals surface area contributed by atoms with Gasteiger partial charge in [0.15, 0.2) is 5.82 Å². The lowest BCUT2D eigenvalue weighted by molar-refractivity contribution is 0.0923. The number of aryl methyl sites for hydroxylation is 1. The standard InChI is InChI=1S/C23H26N4OS/c1-4-5-16-6-7-20(29-16)22(28)27-19-13-23(2,3)12-18-17(19)14-25-21(26-18)15-8-10-24-11-9-15/h6-11,14,19H,4-5,12-13H2,1-3H3,(H,27,28)/t19-/m1/s1. The molecule has 6 heteroatoms. The van der Waals surface area contributed by atoms with Crippen molar-refractivity contribution in [2.45, 2.75) is 52.5 Å². The van der Waals surface area contributed by atoms with Gasteiger partial charge in [-0.15, -0.1) is 11.3 Å². The first-order chi connectivity index (χ1) is 13.9. The zero-order valence-corrected chi connectivity index (χ0v) is 17.9. The summed E-state index contributed by atoms with van der Waals surface area (Å²) in [4.78, 5) is 28.4. The topological polar surface area (TPSA) is 67.8 Å². The molecule has 0 fully saturated rings. The Hall–Kier alpha value is -2.60. The predicted molar refractivity (Wildman–Crippen MR) is 116 cm³/mol. The lowest BCUT2D eigenvalue weighted by atomic mass is 9.74. The molecular formula is C23H26N4OS. The predicted octanol–water partition coefficient (Wildman–Crippen LogP) is 5.00. The van der Waals surface area contributed by atoms with Gasteiger partial charge in [0.2, 0.25) is 0 Å². The third-order valence-electron chi connectivity index (χ3n) is 5.30. The van der Waals surface area contributed by atoms with E-state index in [2.05, 4.69) is 42.1 Å². The number of rotatable bonds is 5. The summed E-state index contributed by atoms with van der Waals surface area (Å²) < 4.78 is 0. The summed E-state index contributed by atoms with van der Waals surface area (Å²) in [6.45, 7) is 6.61. The van der Waals surface area contributed by atoms with Crippen LogP contribution in [0.1, 0.15) is 65.5 Å². The van der Waals surface area contributed by atoms with Gasteiger partial charge in [-0.3, -0.25) is 9.78 Å². The summed E-state index contributed by atoms with van der Waals surface area (Å²) in [7, 11) is 0. The smallest absolute Gasteiger partial charge is 0.261 e. The summed E-state index contributed by atoms with van der Waals surface area (Å²) in [6, 6.07) is 7.75. The van der Waals surface area contributed by atoms with E-state index in [4.69, 9.17) is 4.98 Å². The van der Waals surface area contributed by atoms with E-state index in [0.717, 1.165) is 47.4 Å². The second kappa shape index (κ2) is 8.03. The summed E-state index contributed by atoms with van der Waals surface area (Å²) in [5, 5.41) is 3.24. The van der Waals surface area contributed by atoms with Gasteiger partial charge in [0, 0.05) is 34.6 Å². The van der Waals surface area contributed by atoms with Crippen molar-refractivity contribution in [3.05, 3.63) is 63.9 Å². The molecular weight excluding hydrogens is 380 g/mol. The van der Waals surface area contributed by atoms with E-state index in [0.29, 0.717) is 5.82 Å². The molecule has 3 aromatic rings. The van der Waals surface area contributed by atoms with Crippen molar-refractivity contribution in [3.8, 4) is 11.4 Å². The van der Waals surface area contributed by atoms with Gasteiger partial charge in [0.25, 0.3) is 5.91 Å². The minimum atomic E-state index is -0.0792. The van der Waals surface area contributed by atoms with E-state index >= 15 is 0 Å². The normalized spacial score (nSPS) is 17.6. The summed E-state index contributed by atoms with van der Waals surface area (Å²) in [5.41, 5.74) is 3.05. The molecule has 1 atom stereocenters. The van der Waals surface area contributed by atoms with Crippen LogP contribution in [0.4, 0.5) is 0 Å². The Morgan fingerprint density at radius 2 is 2.03 bits per heavy atom. The van der Waals surface area contributed by atoms with Crippen LogP contribution in [0.15, 0.2) is 42.9 Å². The molecule has 0 spiro atoms. The molecule has 1 amide bonds. The molecule has 0 saturated heterocycles. The van der Waals surface area contributed by atoms with Gasteiger partial charge in [-0.25, -0.2) is 9.97 Å². The highest BCUT2D eigenvalue weighted by molar-refractivity contribution is 7.14. The zero-order valence-electron chi connectivity index (χ0n) is 17.1. The average molecular weight is 407 g/mol. The third kappa shape index (κ3) is 4.37. The zero-order chi connectivity index (χ0) is 20.4. The number of hydrogen-bond acceptors (Lipinski definition) is 5. The first-order valence-electron chi connectivity index (χ1n) is 10.1. The van der Waals surface area contributed by atoms with Crippen LogP contribution in [-0.2, 0) is 12.8 Å². The first-order valence-corrected chi connectivity index (χ1v) is 10.9. The molecule has 0 radical (unpaired) electrons. The van der Waals surface area contributed by atoms with Gasteiger partial charge in [0.05, 0.1) is 16.6 Å². The Labute approximate surface area is 175 Å². The quantitative estimate of drug-likeness (QED) is 0.648. The molecule has 4 rings (SSSR count). The molecule has 0 aromatic carbocycles. The highest BCUT2D eigenvalue weighted by Gasteiger charge is 2.34. The van der Waals surface area contributed by atoms with E-state index < -0.39 is 0 Å². The van der Waals surface area contributed by atoms with Crippen molar-refractivity contribution < 1.29 is 4.79 Å². The van der Waals surface area contributed by atoms with E-state index in [1.54, 1.807) is 23.7 Å². The summed E-state index contributed by atoms with van der Waals surface area (Å²) in [6.07, 6.45) is 9.23. The maximum absolute atomic E-state index is 12.9. The fourth-order valence-corrected chi connectivity index (χ4v) is 4.94. The van der Waals surface area contributed by atoms with E-state index in [1.165, 1.54) is 4.88 Å². The number of nitrogens with zero attached hydrogens (tertiary/aromatic N) is 3. The highest BCUT2D eigenvalue weighted by Crippen LogP contribution is 2.40. The van der Waals surface area contributed by atoms with Gasteiger partial charge in [-0.2, -0.15) is 0 Å². The van der Waals surface area contributed by atoms with Crippen LogP contribution in [0.5, 0.6) is 0 Å². The van der Waals surface area contributed by atoms with E-state index in [9.17, 15) is 4.79 Å². The molecule has 150 valence electrons. The lowest BCUT2D eigenvalue weighted by Gasteiger charge is -2.36. The van der Waals surface area contributed by atoms with Crippen molar-refractivity contribution >= 4 is 17.2 Å². The van der Waals surface area contributed by atoms with Gasteiger partial charge in [-0.05, 0) is 48.9 Å². The van der Waals surface area contributed by atoms with Gasteiger partial charge < -0.3 is 5.32 Å².